The molecule has 0 saturated heterocycles. The molecular weight excluding hydrogens is 309 g/mol. The molecule has 1 aliphatic carbocycles. The molecule has 0 radical (unpaired) electrons. The maximum Gasteiger partial charge on any atom is 0.372 e. The molecule has 0 spiro atoms. The standard InChI is InChI=1S/C12H15F7O2/c1-4-8(2,3)7(20)21-9(13)5-10(14,15)12(18,19)11(16,17)6-9/h4-6H2,1-3H3. The minimum atomic E-state index is -5.71. The summed E-state index contributed by atoms with van der Waals surface area (Å²) in [6.07, 6.45) is -4.51. The van der Waals surface area contributed by atoms with Crippen LogP contribution in [0.2, 0.25) is 0 Å². The topological polar surface area (TPSA) is 26.3 Å². The maximum atomic E-state index is 14.1. The van der Waals surface area contributed by atoms with E-state index in [-0.39, 0.29) is 6.42 Å². The molecule has 0 N–H and O–H groups in total. The fourth-order valence-electron chi connectivity index (χ4n) is 1.74. The van der Waals surface area contributed by atoms with Crippen molar-refractivity contribution in [2.24, 2.45) is 5.41 Å². The van der Waals surface area contributed by atoms with Gasteiger partial charge in [0, 0.05) is 0 Å². The van der Waals surface area contributed by atoms with Gasteiger partial charge in [0.05, 0.1) is 18.3 Å². The highest BCUT2D eigenvalue weighted by molar-refractivity contribution is 5.76. The normalized spacial score (nSPS) is 26.2. The van der Waals surface area contributed by atoms with Crippen LogP contribution >= 0.6 is 0 Å². The summed E-state index contributed by atoms with van der Waals surface area (Å²) in [5.74, 6) is -21.6. The van der Waals surface area contributed by atoms with Crippen LogP contribution < -0.4 is 0 Å². The SMILES string of the molecule is CCC(C)(C)C(=O)OC1(F)CC(F)(F)C(F)(F)C(F)(F)C1. The zero-order chi connectivity index (χ0) is 16.9. The van der Waals surface area contributed by atoms with Gasteiger partial charge in [-0.05, 0) is 20.3 Å². The molecule has 0 unspecified atom stereocenters. The van der Waals surface area contributed by atoms with E-state index in [1.54, 1.807) is 0 Å². The number of esters is 1. The summed E-state index contributed by atoms with van der Waals surface area (Å²) in [7, 11) is 0. The van der Waals surface area contributed by atoms with E-state index in [0.29, 0.717) is 0 Å². The van der Waals surface area contributed by atoms with Crippen molar-refractivity contribution in [1.82, 2.24) is 0 Å². The van der Waals surface area contributed by atoms with E-state index in [2.05, 4.69) is 4.74 Å². The lowest BCUT2D eigenvalue weighted by Crippen LogP contribution is -2.64. The van der Waals surface area contributed by atoms with Crippen LogP contribution in [0.25, 0.3) is 0 Å². The maximum absolute atomic E-state index is 14.1. The average Bonchev–Trinajstić information content (AvgIpc) is 2.24. The minimum absolute atomic E-state index is 0.116. The van der Waals surface area contributed by atoms with Crippen LogP contribution in [0.1, 0.15) is 40.0 Å². The molecule has 1 fully saturated rings. The number of ether oxygens (including phenoxy) is 1. The number of rotatable bonds is 3. The van der Waals surface area contributed by atoms with Gasteiger partial charge in [-0.25, -0.2) is 0 Å². The second-order valence-electron chi connectivity index (χ2n) is 5.85. The fourth-order valence-corrected chi connectivity index (χ4v) is 1.74. The molecule has 1 aliphatic rings. The predicted octanol–water partition coefficient (Wildman–Crippen LogP) is 4.33. The largest absolute Gasteiger partial charge is 0.428 e. The van der Waals surface area contributed by atoms with Crippen LogP contribution in [0.4, 0.5) is 30.7 Å². The molecule has 21 heavy (non-hydrogen) atoms. The van der Waals surface area contributed by atoms with E-state index >= 15 is 0 Å². The van der Waals surface area contributed by atoms with Gasteiger partial charge in [0.25, 0.3) is 5.85 Å². The Labute approximate surface area is 116 Å². The number of carbonyl (C=O) groups is 1. The monoisotopic (exact) mass is 324 g/mol. The molecule has 2 nitrogen and oxygen atoms in total. The third-order valence-electron chi connectivity index (χ3n) is 3.60. The first-order valence-corrected chi connectivity index (χ1v) is 6.16. The third kappa shape index (κ3) is 2.96. The Kier molecular flexibility index (Phi) is 4.07. The highest BCUT2D eigenvalue weighted by atomic mass is 19.3. The van der Waals surface area contributed by atoms with Gasteiger partial charge in [-0.1, -0.05) is 6.92 Å². The van der Waals surface area contributed by atoms with Crippen molar-refractivity contribution in [3.05, 3.63) is 0 Å². The predicted molar refractivity (Wildman–Crippen MR) is 58.1 cm³/mol. The van der Waals surface area contributed by atoms with E-state index in [1.165, 1.54) is 20.8 Å². The van der Waals surface area contributed by atoms with Crippen molar-refractivity contribution in [3.8, 4) is 0 Å². The summed E-state index contributed by atoms with van der Waals surface area (Å²) < 4.78 is 96.6. The Morgan fingerprint density at radius 1 is 1.00 bits per heavy atom. The lowest BCUT2D eigenvalue weighted by atomic mass is 9.84. The van der Waals surface area contributed by atoms with Crippen molar-refractivity contribution in [2.75, 3.05) is 0 Å². The summed E-state index contributed by atoms with van der Waals surface area (Å²) in [6, 6.07) is 0. The molecule has 0 aromatic heterocycles. The van der Waals surface area contributed by atoms with E-state index in [0.717, 1.165) is 0 Å². The van der Waals surface area contributed by atoms with Gasteiger partial charge in [0.15, 0.2) is 0 Å². The Hall–Kier alpha value is -1.02. The number of hydrogen-bond donors (Lipinski definition) is 0. The van der Waals surface area contributed by atoms with Gasteiger partial charge in [0.1, 0.15) is 0 Å². The van der Waals surface area contributed by atoms with Gasteiger partial charge in [0.2, 0.25) is 0 Å². The lowest BCUT2D eigenvalue weighted by molar-refractivity contribution is -0.373. The van der Waals surface area contributed by atoms with E-state index in [9.17, 15) is 35.5 Å². The summed E-state index contributed by atoms with van der Waals surface area (Å²) in [6.45, 7) is 4.07. The van der Waals surface area contributed by atoms with Gasteiger partial charge < -0.3 is 4.74 Å². The van der Waals surface area contributed by atoms with Crippen LogP contribution in [0.15, 0.2) is 0 Å². The summed E-state index contributed by atoms with van der Waals surface area (Å²) >= 11 is 0. The summed E-state index contributed by atoms with van der Waals surface area (Å²) in [4.78, 5) is 11.6. The molecule has 0 aromatic carbocycles. The Bertz CT molecular complexity index is 411. The zero-order valence-corrected chi connectivity index (χ0v) is 11.6. The Morgan fingerprint density at radius 2 is 1.38 bits per heavy atom. The van der Waals surface area contributed by atoms with Gasteiger partial charge in [-0.2, -0.15) is 30.7 Å². The highest BCUT2D eigenvalue weighted by Gasteiger charge is 2.79. The second-order valence-corrected chi connectivity index (χ2v) is 5.85. The molecule has 0 aromatic rings. The quantitative estimate of drug-likeness (QED) is 0.570. The molecular formula is C12H15F7O2. The second kappa shape index (κ2) is 4.74. The molecule has 0 aliphatic heterocycles. The highest BCUT2D eigenvalue weighted by Crippen LogP contribution is 2.58. The number of hydrogen-bond acceptors (Lipinski definition) is 2. The van der Waals surface area contributed by atoms with Crippen molar-refractivity contribution in [1.29, 1.82) is 0 Å². The zero-order valence-electron chi connectivity index (χ0n) is 11.6. The molecule has 9 heteroatoms. The van der Waals surface area contributed by atoms with Crippen molar-refractivity contribution < 1.29 is 40.3 Å². The first kappa shape index (κ1) is 18.0. The molecule has 124 valence electrons. The number of carbonyl (C=O) groups excluding carboxylic acids is 1. The van der Waals surface area contributed by atoms with E-state index < -0.39 is 47.8 Å². The summed E-state index contributed by atoms with van der Waals surface area (Å²) in [5, 5.41) is 0. The molecule has 1 saturated carbocycles. The molecule has 1 rings (SSSR count). The van der Waals surface area contributed by atoms with Crippen LogP contribution in [-0.2, 0) is 9.53 Å². The summed E-state index contributed by atoms with van der Waals surface area (Å²) in [5.41, 5.74) is -1.32. The lowest BCUT2D eigenvalue weighted by Gasteiger charge is -2.43. The number of halogens is 7. The van der Waals surface area contributed by atoms with Crippen molar-refractivity contribution >= 4 is 5.97 Å². The van der Waals surface area contributed by atoms with E-state index in [1.807, 2.05) is 0 Å². The fraction of sp³-hybridized carbons (Fsp3) is 0.917. The Morgan fingerprint density at radius 3 is 1.71 bits per heavy atom. The third-order valence-corrected chi connectivity index (χ3v) is 3.60. The van der Waals surface area contributed by atoms with Crippen molar-refractivity contribution in [2.45, 2.75) is 63.7 Å². The minimum Gasteiger partial charge on any atom is -0.428 e. The van der Waals surface area contributed by atoms with Crippen LogP contribution in [-0.4, -0.2) is 29.6 Å². The first-order chi connectivity index (χ1) is 9.10. The van der Waals surface area contributed by atoms with Gasteiger partial charge >= 0.3 is 23.7 Å². The first-order valence-electron chi connectivity index (χ1n) is 6.16. The van der Waals surface area contributed by atoms with Gasteiger partial charge in [-0.15, -0.1) is 0 Å². The average molecular weight is 324 g/mol. The number of alkyl halides is 7. The molecule has 0 amide bonds. The molecule has 0 bridgehead atoms. The van der Waals surface area contributed by atoms with E-state index in [4.69, 9.17) is 0 Å². The Balaban J connectivity index is 3.07. The van der Waals surface area contributed by atoms with Crippen molar-refractivity contribution in [3.63, 3.8) is 0 Å². The van der Waals surface area contributed by atoms with Crippen LogP contribution in [0.3, 0.4) is 0 Å². The van der Waals surface area contributed by atoms with Crippen LogP contribution in [0.5, 0.6) is 0 Å². The smallest absolute Gasteiger partial charge is 0.372 e. The molecule has 0 heterocycles. The van der Waals surface area contributed by atoms with Crippen LogP contribution in [0, 0.1) is 5.41 Å². The van der Waals surface area contributed by atoms with Gasteiger partial charge in [-0.3, -0.25) is 4.79 Å². The molecule has 0 atom stereocenters.